The number of nitrogens with one attached hydrogen (secondary N) is 2. The lowest BCUT2D eigenvalue weighted by Crippen LogP contribution is -2.37. The van der Waals surface area contributed by atoms with Gasteiger partial charge in [0.05, 0.1) is 21.3 Å². The number of benzene rings is 2. The van der Waals surface area contributed by atoms with Gasteiger partial charge in [-0.1, -0.05) is 37.3 Å². The van der Waals surface area contributed by atoms with Crippen molar-refractivity contribution in [1.29, 1.82) is 0 Å². The van der Waals surface area contributed by atoms with Gasteiger partial charge in [-0.05, 0) is 48.6 Å². The molecule has 4 rings (SSSR count). The third-order valence-corrected chi connectivity index (χ3v) is 5.89. The molecule has 1 heterocycles. The third kappa shape index (κ3) is 3.64. The van der Waals surface area contributed by atoms with Crippen LogP contribution in [0.15, 0.2) is 48.0 Å². The largest absolute Gasteiger partial charge is 0.352 e. The van der Waals surface area contributed by atoms with E-state index in [1.54, 1.807) is 5.51 Å². The average molecular weight is 366 g/mol. The first kappa shape index (κ1) is 17.2. The Hall–Kier alpha value is -2.24. The van der Waals surface area contributed by atoms with E-state index in [-0.39, 0.29) is 5.91 Å². The van der Waals surface area contributed by atoms with Crippen LogP contribution in [-0.4, -0.2) is 30.0 Å². The molecule has 1 aromatic heterocycles. The van der Waals surface area contributed by atoms with E-state index in [0.29, 0.717) is 18.5 Å². The molecule has 134 valence electrons. The molecule has 0 bridgehead atoms. The minimum absolute atomic E-state index is 0.0139. The second-order valence-corrected chi connectivity index (χ2v) is 7.96. The topological polar surface area (TPSA) is 54.0 Å². The van der Waals surface area contributed by atoms with Crippen molar-refractivity contribution >= 4 is 27.5 Å². The number of hydrogen-bond donors (Lipinski definition) is 2. The Bertz CT molecular complexity index is 895. The smallest absolute Gasteiger partial charge is 0.252 e. The Labute approximate surface area is 157 Å². The number of carbonyl (C=O) groups is 1. The van der Waals surface area contributed by atoms with Gasteiger partial charge < -0.3 is 10.6 Å². The van der Waals surface area contributed by atoms with E-state index in [1.807, 2.05) is 18.2 Å². The predicted octanol–water partition coefficient (Wildman–Crippen LogP) is 3.42. The van der Waals surface area contributed by atoms with E-state index in [1.165, 1.54) is 22.5 Å². The molecule has 1 unspecified atom stereocenters. The highest BCUT2D eigenvalue weighted by Gasteiger charge is 2.21. The first-order valence-electron chi connectivity index (χ1n) is 9.11. The summed E-state index contributed by atoms with van der Waals surface area (Å²) in [7, 11) is 0. The predicted molar refractivity (Wildman–Crippen MR) is 107 cm³/mol. The molecule has 26 heavy (non-hydrogen) atoms. The molecule has 1 aliphatic carbocycles. The maximum atomic E-state index is 12.5. The molecule has 4 nitrogen and oxygen atoms in total. The first-order chi connectivity index (χ1) is 12.7. The zero-order valence-corrected chi connectivity index (χ0v) is 15.7. The zero-order valence-electron chi connectivity index (χ0n) is 14.9. The number of nitrogens with zero attached hydrogens (tertiary/aromatic N) is 1. The minimum atomic E-state index is -0.0139. The van der Waals surface area contributed by atoms with Gasteiger partial charge >= 0.3 is 0 Å². The minimum Gasteiger partial charge on any atom is -0.352 e. The zero-order chi connectivity index (χ0) is 17.9. The molecule has 0 saturated carbocycles. The monoisotopic (exact) mass is 365 g/mol. The molecule has 3 aromatic rings. The molecule has 5 heteroatoms. The van der Waals surface area contributed by atoms with Crippen LogP contribution < -0.4 is 10.6 Å². The number of thiazole rings is 1. The molecule has 1 aliphatic rings. The third-order valence-electron chi connectivity index (χ3n) is 5.02. The van der Waals surface area contributed by atoms with E-state index in [9.17, 15) is 4.79 Å². The van der Waals surface area contributed by atoms with Gasteiger partial charge in [-0.3, -0.25) is 4.79 Å². The summed E-state index contributed by atoms with van der Waals surface area (Å²) in [6.45, 7) is 3.74. The molecule has 1 amide bonds. The van der Waals surface area contributed by atoms with Crippen molar-refractivity contribution in [2.45, 2.75) is 25.8 Å². The van der Waals surface area contributed by atoms with Crippen LogP contribution >= 0.6 is 11.3 Å². The molecule has 0 aliphatic heterocycles. The summed E-state index contributed by atoms with van der Waals surface area (Å²) in [5, 5.41) is 6.73. The van der Waals surface area contributed by atoms with Gasteiger partial charge in [0, 0.05) is 12.6 Å². The van der Waals surface area contributed by atoms with E-state index < -0.39 is 0 Å². The molecular weight excluding hydrogens is 342 g/mol. The van der Waals surface area contributed by atoms with Gasteiger partial charge in [-0.2, -0.15) is 0 Å². The lowest BCUT2D eigenvalue weighted by atomic mass is 10.1. The first-order valence-corrected chi connectivity index (χ1v) is 9.99. The summed E-state index contributed by atoms with van der Waals surface area (Å²) in [6, 6.07) is 14.9. The van der Waals surface area contributed by atoms with Gasteiger partial charge in [0.2, 0.25) is 0 Å². The van der Waals surface area contributed by atoms with Crippen LogP contribution in [0.25, 0.3) is 10.2 Å². The van der Waals surface area contributed by atoms with Crippen LogP contribution in [0.3, 0.4) is 0 Å². The van der Waals surface area contributed by atoms with Crippen LogP contribution in [0.5, 0.6) is 0 Å². The highest BCUT2D eigenvalue weighted by atomic mass is 32.1. The van der Waals surface area contributed by atoms with Crippen molar-refractivity contribution in [1.82, 2.24) is 15.6 Å². The van der Waals surface area contributed by atoms with Gasteiger partial charge in [0.1, 0.15) is 0 Å². The summed E-state index contributed by atoms with van der Waals surface area (Å²) in [6.07, 6.45) is 2.20. The van der Waals surface area contributed by atoms with E-state index in [4.69, 9.17) is 0 Å². The summed E-state index contributed by atoms with van der Waals surface area (Å²) in [5.41, 5.74) is 6.31. The van der Waals surface area contributed by atoms with Gasteiger partial charge in [0.25, 0.3) is 5.91 Å². The number of rotatable bonds is 6. The van der Waals surface area contributed by atoms with Crippen molar-refractivity contribution in [2.75, 3.05) is 13.1 Å². The molecule has 2 N–H and O–H groups in total. The fourth-order valence-electron chi connectivity index (χ4n) is 3.57. The lowest BCUT2D eigenvalue weighted by molar-refractivity contribution is 0.0949. The summed E-state index contributed by atoms with van der Waals surface area (Å²) >= 11 is 1.51. The Morgan fingerprint density at radius 1 is 1.15 bits per heavy atom. The summed E-state index contributed by atoms with van der Waals surface area (Å²) in [4.78, 5) is 16.8. The Morgan fingerprint density at radius 3 is 2.69 bits per heavy atom. The number of hydrogen-bond acceptors (Lipinski definition) is 4. The van der Waals surface area contributed by atoms with Crippen LogP contribution in [0, 0.1) is 5.92 Å². The number of fused-ring (bicyclic) bond motifs is 2. The van der Waals surface area contributed by atoms with E-state index in [0.717, 1.165) is 35.2 Å². The number of carbonyl (C=O) groups excluding carboxylic acids is 1. The van der Waals surface area contributed by atoms with Crippen molar-refractivity contribution in [3.05, 3.63) is 64.7 Å². The van der Waals surface area contributed by atoms with E-state index >= 15 is 0 Å². The van der Waals surface area contributed by atoms with E-state index in [2.05, 4.69) is 46.8 Å². The fraction of sp³-hybridized carbons (Fsp3) is 0.333. The van der Waals surface area contributed by atoms with Crippen LogP contribution in [-0.2, 0) is 12.8 Å². The Morgan fingerprint density at radius 2 is 1.92 bits per heavy atom. The Kier molecular flexibility index (Phi) is 5.00. The fourth-order valence-corrected chi connectivity index (χ4v) is 4.37. The SMILES string of the molecule is CC(CNC(=O)c1cccc2ncsc12)CNC1Cc2ccccc2C1. The number of amides is 1. The van der Waals surface area contributed by atoms with Gasteiger partial charge in [-0.25, -0.2) is 4.98 Å². The van der Waals surface area contributed by atoms with Crippen LogP contribution in [0.2, 0.25) is 0 Å². The average Bonchev–Trinajstić information content (AvgIpc) is 3.30. The van der Waals surface area contributed by atoms with Gasteiger partial charge in [0.15, 0.2) is 0 Å². The highest BCUT2D eigenvalue weighted by Crippen LogP contribution is 2.23. The number of aromatic nitrogens is 1. The van der Waals surface area contributed by atoms with Crippen molar-refractivity contribution < 1.29 is 4.79 Å². The highest BCUT2D eigenvalue weighted by molar-refractivity contribution is 7.17. The van der Waals surface area contributed by atoms with Crippen LogP contribution in [0.4, 0.5) is 0 Å². The summed E-state index contributed by atoms with van der Waals surface area (Å²) in [5.74, 6) is 0.364. The Balaban J connectivity index is 1.26. The molecule has 1 atom stereocenters. The lowest BCUT2D eigenvalue weighted by Gasteiger charge is -2.17. The molecule has 0 fully saturated rings. The second-order valence-electron chi connectivity index (χ2n) is 7.10. The summed E-state index contributed by atoms with van der Waals surface area (Å²) < 4.78 is 0.958. The molecule has 0 saturated heterocycles. The van der Waals surface area contributed by atoms with Crippen LogP contribution in [0.1, 0.15) is 28.4 Å². The standard InChI is InChI=1S/C21H23N3OS/c1-14(11-22-17-9-15-5-2-3-6-16(15)10-17)12-23-21(25)18-7-4-8-19-20(18)26-13-24-19/h2-8,13-14,17,22H,9-12H2,1H3,(H,23,25). The van der Waals surface area contributed by atoms with Gasteiger partial charge in [-0.15, -0.1) is 11.3 Å². The quantitative estimate of drug-likeness (QED) is 0.704. The molecule has 2 aromatic carbocycles. The maximum absolute atomic E-state index is 12.5. The molecular formula is C21H23N3OS. The molecule has 0 spiro atoms. The normalized spacial score (nSPS) is 15.1. The molecule has 0 radical (unpaired) electrons. The van der Waals surface area contributed by atoms with Crippen molar-refractivity contribution in [3.8, 4) is 0 Å². The maximum Gasteiger partial charge on any atom is 0.252 e. The van der Waals surface area contributed by atoms with Crippen molar-refractivity contribution in [3.63, 3.8) is 0 Å². The second kappa shape index (κ2) is 7.56. The van der Waals surface area contributed by atoms with Crippen molar-refractivity contribution in [2.24, 2.45) is 5.92 Å².